The molecular formula is C10H21O2P. The summed E-state index contributed by atoms with van der Waals surface area (Å²) >= 11 is 0. The molecule has 0 radical (unpaired) electrons. The molecule has 0 aromatic carbocycles. The van der Waals surface area contributed by atoms with E-state index in [1.807, 2.05) is 34.6 Å². The Hall–Kier alpha value is 0.0600. The van der Waals surface area contributed by atoms with Gasteiger partial charge in [0.2, 0.25) is 0 Å². The highest BCUT2D eigenvalue weighted by Crippen LogP contribution is 2.29. The molecule has 78 valence electrons. The van der Waals surface area contributed by atoms with E-state index in [4.69, 9.17) is 4.74 Å². The molecule has 0 aliphatic heterocycles. The van der Waals surface area contributed by atoms with E-state index < -0.39 is 5.60 Å². The number of Topliss-reactive ketones (excluding diaryl/α,β-unsaturated/α-hetero) is 1. The van der Waals surface area contributed by atoms with Crippen LogP contribution in [0.4, 0.5) is 0 Å². The van der Waals surface area contributed by atoms with Crippen molar-refractivity contribution in [3.63, 3.8) is 0 Å². The summed E-state index contributed by atoms with van der Waals surface area (Å²) in [5, 5.41) is 0. The molecule has 0 rings (SSSR count). The van der Waals surface area contributed by atoms with Crippen molar-refractivity contribution in [2.24, 2.45) is 5.41 Å². The van der Waals surface area contributed by atoms with Gasteiger partial charge < -0.3 is 4.74 Å². The lowest BCUT2D eigenvalue weighted by Crippen LogP contribution is -2.43. The Labute approximate surface area is 83.6 Å². The van der Waals surface area contributed by atoms with Gasteiger partial charge in [-0.1, -0.05) is 20.8 Å². The molecule has 0 saturated heterocycles. The van der Waals surface area contributed by atoms with Gasteiger partial charge in [0.25, 0.3) is 0 Å². The van der Waals surface area contributed by atoms with Gasteiger partial charge in [0, 0.05) is 5.41 Å². The minimum absolute atomic E-state index is 0.171. The number of ketones is 1. The van der Waals surface area contributed by atoms with Gasteiger partial charge in [-0.25, -0.2) is 0 Å². The van der Waals surface area contributed by atoms with Crippen molar-refractivity contribution < 1.29 is 9.53 Å². The molecule has 0 fully saturated rings. The smallest absolute Gasteiger partial charge is 0.169 e. The molecule has 1 atom stereocenters. The van der Waals surface area contributed by atoms with Gasteiger partial charge in [0.05, 0.1) is 6.35 Å². The molecule has 1 unspecified atom stereocenters. The highest BCUT2D eigenvalue weighted by Gasteiger charge is 2.38. The van der Waals surface area contributed by atoms with Crippen LogP contribution in [0.1, 0.15) is 41.0 Å². The molecule has 0 aromatic heterocycles. The van der Waals surface area contributed by atoms with Crippen molar-refractivity contribution in [2.45, 2.75) is 46.6 Å². The summed E-state index contributed by atoms with van der Waals surface area (Å²) in [6.07, 6.45) is 1.34. The molecule has 0 aliphatic carbocycles. The standard InChI is InChI=1S/C10H21O2P/c1-6-9(2,3)8(11)10(4,5)12-7-13/h6-7,13H2,1-5H3. The van der Waals surface area contributed by atoms with Crippen molar-refractivity contribution in [1.29, 1.82) is 0 Å². The zero-order valence-electron chi connectivity index (χ0n) is 9.31. The average Bonchev–Trinajstić information content (AvgIpc) is 2.03. The molecule has 0 heterocycles. The number of rotatable bonds is 5. The van der Waals surface area contributed by atoms with Crippen LogP contribution in [0.15, 0.2) is 0 Å². The molecule has 0 N–H and O–H groups in total. The summed E-state index contributed by atoms with van der Waals surface area (Å²) in [5.41, 5.74) is -0.954. The van der Waals surface area contributed by atoms with Gasteiger partial charge in [-0.2, -0.15) is 0 Å². The second-order valence-corrected chi connectivity index (χ2v) is 4.72. The molecule has 0 aromatic rings. The molecule has 0 amide bonds. The van der Waals surface area contributed by atoms with E-state index in [2.05, 4.69) is 9.24 Å². The van der Waals surface area contributed by atoms with Gasteiger partial charge in [-0.15, -0.1) is 9.24 Å². The van der Waals surface area contributed by atoms with Gasteiger partial charge >= 0.3 is 0 Å². The first-order chi connectivity index (χ1) is 5.78. The van der Waals surface area contributed by atoms with E-state index in [0.717, 1.165) is 6.42 Å². The fraction of sp³-hybridized carbons (Fsp3) is 0.900. The van der Waals surface area contributed by atoms with Crippen LogP contribution in [-0.4, -0.2) is 17.7 Å². The molecule has 0 saturated carbocycles. The number of hydrogen-bond donors (Lipinski definition) is 0. The van der Waals surface area contributed by atoms with Crippen LogP contribution in [0.3, 0.4) is 0 Å². The van der Waals surface area contributed by atoms with Crippen LogP contribution >= 0.6 is 9.24 Å². The summed E-state index contributed by atoms with van der Waals surface area (Å²) in [5.74, 6) is 0.171. The minimum atomic E-state index is -0.665. The van der Waals surface area contributed by atoms with Crippen molar-refractivity contribution in [1.82, 2.24) is 0 Å². The predicted octanol–water partition coefficient (Wildman–Crippen LogP) is 2.62. The summed E-state index contributed by atoms with van der Waals surface area (Å²) in [4.78, 5) is 12.0. The van der Waals surface area contributed by atoms with E-state index in [1.54, 1.807) is 0 Å². The lowest BCUT2D eigenvalue weighted by Gasteiger charge is -2.32. The molecular weight excluding hydrogens is 183 g/mol. The zero-order valence-corrected chi connectivity index (χ0v) is 10.5. The minimum Gasteiger partial charge on any atom is -0.364 e. The van der Waals surface area contributed by atoms with Crippen LogP contribution in [0.25, 0.3) is 0 Å². The summed E-state index contributed by atoms with van der Waals surface area (Å²) in [6.45, 7) is 9.61. The zero-order chi connectivity index (χ0) is 10.7. The maximum absolute atomic E-state index is 12.0. The topological polar surface area (TPSA) is 26.3 Å². The largest absolute Gasteiger partial charge is 0.364 e. The monoisotopic (exact) mass is 204 g/mol. The first kappa shape index (κ1) is 13.1. The van der Waals surface area contributed by atoms with Gasteiger partial charge in [-0.05, 0) is 20.3 Å². The molecule has 0 spiro atoms. The maximum atomic E-state index is 12.0. The van der Waals surface area contributed by atoms with Crippen LogP contribution < -0.4 is 0 Å². The Morgan fingerprint density at radius 3 is 2.08 bits per heavy atom. The fourth-order valence-electron chi connectivity index (χ4n) is 1.25. The molecule has 13 heavy (non-hydrogen) atoms. The molecule has 0 bridgehead atoms. The van der Waals surface area contributed by atoms with Crippen LogP contribution in [0.5, 0.6) is 0 Å². The SMILES string of the molecule is CCC(C)(C)C(=O)C(C)(C)OCP. The molecule has 3 heteroatoms. The van der Waals surface area contributed by atoms with E-state index in [1.165, 1.54) is 0 Å². The van der Waals surface area contributed by atoms with Gasteiger partial charge in [0.1, 0.15) is 5.60 Å². The van der Waals surface area contributed by atoms with E-state index >= 15 is 0 Å². The van der Waals surface area contributed by atoms with Crippen LogP contribution in [0, 0.1) is 5.41 Å². The quantitative estimate of drug-likeness (QED) is 0.643. The van der Waals surface area contributed by atoms with Crippen molar-refractivity contribution in [2.75, 3.05) is 6.35 Å². The fourth-order valence-corrected chi connectivity index (χ4v) is 1.67. The van der Waals surface area contributed by atoms with E-state index in [9.17, 15) is 4.79 Å². The second kappa shape index (κ2) is 4.52. The van der Waals surface area contributed by atoms with Crippen LogP contribution in [0.2, 0.25) is 0 Å². The molecule has 0 aliphatic rings. The van der Waals surface area contributed by atoms with Crippen LogP contribution in [-0.2, 0) is 9.53 Å². The Morgan fingerprint density at radius 2 is 1.77 bits per heavy atom. The highest BCUT2D eigenvalue weighted by molar-refractivity contribution is 7.16. The first-order valence-electron chi connectivity index (χ1n) is 4.67. The lowest BCUT2D eigenvalue weighted by molar-refractivity contribution is -0.147. The second-order valence-electron chi connectivity index (χ2n) is 4.39. The first-order valence-corrected chi connectivity index (χ1v) is 5.48. The Morgan fingerprint density at radius 1 is 1.31 bits per heavy atom. The Balaban J connectivity index is 4.58. The highest BCUT2D eigenvalue weighted by atomic mass is 31.0. The van der Waals surface area contributed by atoms with Gasteiger partial charge in [-0.3, -0.25) is 4.79 Å². The summed E-state index contributed by atoms with van der Waals surface area (Å²) < 4.78 is 5.39. The maximum Gasteiger partial charge on any atom is 0.169 e. The number of ether oxygens (including phenoxy) is 1. The summed E-state index contributed by atoms with van der Waals surface area (Å²) in [6, 6.07) is 0. The summed E-state index contributed by atoms with van der Waals surface area (Å²) in [7, 11) is 2.47. The predicted molar refractivity (Wildman–Crippen MR) is 58.8 cm³/mol. The third kappa shape index (κ3) is 3.36. The Bertz CT molecular complexity index is 185. The van der Waals surface area contributed by atoms with Crippen molar-refractivity contribution in [3.05, 3.63) is 0 Å². The molecule has 2 nitrogen and oxygen atoms in total. The Kier molecular flexibility index (Phi) is 4.54. The van der Waals surface area contributed by atoms with Crippen molar-refractivity contribution in [3.8, 4) is 0 Å². The number of hydrogen-bond acceptors (Lipinski definition) is 2. The number of carbonyl (C=O) groups excluding carboxylic acids is 1. The normalized spacial score (nSPS) is 13.1. The van der Waals surface area contributed by atoms with Crippen molar-refractivity contribution >= 4 is 15.0 Å². The number of carbonyl (C=O) groups is 1. The third-order valence-corrected chi connectivity index (χ3v) is 2.66. The average molecular weight is 204 g/mol. The van der Waals surface area contributed by atoms with E-state index in [-0.39, 0.29) is 11.2 Å². The third-order valence-electron chi connectivity index (χ3n) is 2.49. The van der Waals surface area contributed by atoms with E-state index in [0.29, 0.717) is 6.35 Å². The van der Waals surface area contributed by atoms with Gasteiger partial charge in [0.15, 0.2) is 5.78 Å². The lowest BCUT2D eigenvalue weighted by atomic mass is 9.78.